The second kappa shape index (κ2) is 6.81. The topological polar surface area (TPSA) is 86.5 Å². The van der Waals surface area contributed by atoms with Gasteiger partial charge in [-0.3, -0.25) is 0 Å². The van der Waals surface area contributed by atoms with Crippen LogP contribution in [0, 0.1) is 11.3 Å². The first-order valence-electron chi connectivity index (χ1n) is 8.55. The van der Waals surface area contributed by atoms with Gasteiger partial charge in [0.1, 0.15) is 17.6 Å². The van der Waals surface area contributed by atoms with Gasteiger partial charge in [-0.05, 0) is 30.5 Å². The van der Waals surface area contributed by atoms with Gasteiger partial charge in [0.05, 0.1) is 17.6 Å². The molecule has 2 N–H and O–H groups in total. The summed E-state index contributed by atoms with van der Waals surface area (Å²) >= 11 is 0. The SMILES string of the molecule is CNc1nc(Nc2ccc(C#N)nc2)nc2c1CCC2c1ccccc1. The molecule has 4 rings (SSSR count). The lowest BCUT2D eigenvalue weighted by Crippen LogP contribution is -2.08. The standard InChI is InChI=1S/C20H18N6/c1-22-19-17-10-9-16(13-5-3-2-4-6-13)18(17)25-20(26-19)24-15-8-7-14(11-21)23-12-15/h2-8,12,16H,9-10H2,1H3,(H2,22,24,25,26). The van der Waals surface area contributed by atoms with Gasteiger partial charge in [-0.25, -0.2) is 9.97 Å². The molecule has 3 aromatic rings. The average molecular weight is 342 g/mol. The Hall–Kier alpha value is -3.46. The molecule has 0 aliphatic heterocycles. The highest BCUT2D eigenvalue weighted by Gasteiger charge is 2.29. The van der Waals surface area contributed by atoms with Crippen LogP contribution in [0.4, 0.5) is 17.5 Å². The minimum Gasteiger partial charge on any atom is -0.373 e. The zero-order chi connectivity index (χ0) is 17.9. The summed E-state index contributed by atoms with van der Waals surface area (Å²) in [5.74, 6) is 1.67. The second-order valence-electron chi connectivity index (χ2n) is 6.18. The molecule has 1 unspecified atom stereocenters. The Morgan fingerprint density at radius 2 is 1.96 bits per heavy atom. The molecule has 2 heterocycles. The van der Waals surface area contributed by atoms with Crippen LogP contribution in [0.15, 0.2) is 48.7 Å². The number of nitrogens with zero attached hydrogens (tertiary/aromatic N) is 4. The molecule has 0 saturated heterocycles. The summed E-state index contributed by atoms with van der Waals surface area (Å²) in [4.78, 5) is 13.5. The number of fused-ring (bicyclic) bond motifs is 1. The molecule has 0 saturated carbocycles. The van der Waals surface area contributed by atoms with Crippen LogP contribution in [0.1, 0.15) is 34.9 Å². The van der Waals surface area contributed by atoms with Gasteiger partial charge in [-0.2, -0.15) is 10.2 Å². The number of anilines is 3. The Labute approximate surface area is 152 Å². The number of hydrogen-bond acceptors (Lipinski definition) is 6. The summed E-state index contributed by atoms with van der Waals surface area (Å²) < 4.78 is 0. The fourth-order valence-electron chi connectivity index (χ4n) is 3.40. The average Bonchev–Trinajstić information content (AvgIpc) is 3.12. The first kappa shape index (κ1) is 16.0. The molecule has 26 heavy (non-hydrogen) atoms. The highest BCUT2D eigenvalue weighted by atomic mass is 15.1. The minimum atomic E-state index is 0.279. The van der Waals surface area contributed by atoms with Crippen LogP contribution in [0.25, 0.3) is 0 Å². The van der Waals surface area contributed by atoms with Gasteiger partial charge < -0.3 is 10.6 Å². The maximum Gasteiger partial charge on any atom is 0.229 e. The van der Waals surface area contributed by atoms with Crippen LogP contribution in [0.5, 0.6) is 0 Å². The number of nitrogens with one attached hydrogen (secondary N) is 2. The molecule has 0 amide bonds. The van der Waals surface area contributed by atoms with Gasteiger partial charge in [-0.15, -0.1) is 0 Å². The van der Waals surface area contributed by atoms with E-state index in [1.165, 1.54) is 11.1 Å². The van der Waals surface area contributed by atoms with Crippen molar-refractivity contribution in [2.24, 2.45) is 0 Å². The molecule has 6 heteroatoms. The van der Waals surface area contributed by atoms with E-state index in [2.05, 4.69) is 44.9 Å². The van der Waals surface area contributed by atoms with Crippen LogP contribution in [-0.4, -0.2) is 22.0 Å². The van der Waals surface area contributed by atoms with E-state index >= 15 is 0 Å². The molecule has 1 aromatic carbocycles. The van der Waals surface area contributed by atoms with Crippen LogP contribution in [0.3, 0.4) is 0 Å². The Bertz CT molecular complexity index is 960. The van der Waals surface area contributed by atoms with Crippen molar-refractivity contribution in [2.75, 3.05) is 17.7 Å². The Balaban J connectivity index is 1.70. The Morgan fingerprint density at radius 3 is 2.65 bits per heavy atom. The van der Waals surface area contributed by atoms with E-state index in [-0.39, 0.29) is 5.92 Å². The highest BCUT2D eigenvalue weighted by molar-refractivity contribution is 5.59. The van der Waals surface area contributed by atoms with Crippen LogP contribution in [0.2, 0.25) is 0 Å². The van der Waals surface area contributed by atoms with Crippen molar-refractivity contribution in [2.45, 2.75) is 18.8 Å². The number of benzene rings is 1. The van der Waals surface area contributed by atoms with Gasteiger partial charge in [0, 0.05) is 18.5 Å². The first-order valence-corrected chi connectivity index (χ1v) is 8.55. The third-order valence-electron chi connectivity index (χ3n) is 4.63. The van der Waals surface area contributed by atoms with Crippen LogP contribution in [-0.2, 0) is 6.42 Å². The molecule has 0 spiro atoms. The molecule has 128 valence electrons. The maximum atomic E-state index is 8.86. The summed E-state index contributed by atoms with van der Waals surface area (Å²) in [5, 5.41) is 15.3. The van der Waals surface area contributed by atoms with E-state index in [4.69, 9.17) is 10.2 Å². The molecule has 1 atom stereocenters. The van der Waals surface area contributed by atoms with E-state index in [0.29, 0.717) is 11.6 Å². The van der Waals surface area contributed by atoms with Gasteiger partial charge in [0.2, 0.25) is 5.95 Å². The predicted octanol–water partition coefficient (Wildman–Crippen LogP) is 3.61. The molecule has 6 nitrogen and oxygen atoms in total. The maximum absolute atomic E-state index is 8.86. The second-order valence-corrected chi connectivity index (χ2v) is 6.18. The van der Waals surface area contributed by atoms with Crippen molar-refractivity contribution in [3.05, 3.63) is 71.2 Å². The number of nitriles is 1. The zero-order valence-electron chi connectivity index (χ0n) is 14.4. The first-order chi connectivity index (χ1) is 12.8. The molecular formula is C20H18N6. The van der Waals surface area contributed by atoms with Crippen LogP contribution < -0.4 is 10.6 Å². The molecular weight excluding hydrogens is 324 g/mol. The lowest BCUT2D eigenvalue weighted by atomic mass is 9.97. The van der Waals surface area contributed by atoms with E-state index in [0.717, 1.165) is 30.0 Å². The zero-order valence-corrected chi connectivity index (χ0v) is 14.4. The number of rotatable bonds is 4. The molecule has 1 aliphatic carbocycles. The Morgan fingerprint density at radius 1 is 1.12 bits per heavy atom. The fourth-order valence-corrected chi connectivity index (χ4v) is 3.40. The minimum absolute atomic E-state index is 0.279. The van der Waals surface area contributed by atoms with Crippen LogP contribution >= 0.6 is 0 Å². The van der Waals surface area contributed by atoms with Gasteiger partial charge in [0.15, 0.2) is 0 Å². The van der Waals surface area contributed by atoms with E-state index in [1.54, 1.807) is 18.3 Å². The van der Waals surface area contributed by atoms with E-state index in [1.807, 2.05) is 19.2 Å². The summed E-state index contributed by atoms with van der Waals surface area (Å²) in [6.07, 6.45) is 3.61. The molecule has 1 aliphatic rings. The number of aromatic nitrogens is 3. The lowest BCUT2D eigenvalue weighted by Gasteiger charge is -2.14. The Kier molecular flexibility index (Phi) is 4.20. The third-order valence-corrected chi connectivity index (χ3v) is 4.63. The predicted molar refractivity (Wildman–Crippen MR) is 100 cm³/mol. The van der Waals surface area contributed by atoms with Crippen molar-refractivity contribution in [1.29, 1.82) is 5.26 Å². The normalized spacial score (nSPS) is 15.2. The van der Waals surface area contributed by atoms with Gasteiger partial charge >= 0.3 is 0 Å². The highest BCUT2D eigenvalue weighted by Crippen LogP contribution is 2.40. The number of hydrogen-bond donors (Lipinski definition) is 2. The fraction of sp³-hybridized carbons (Fsp3) is 0.200. The van der Waals surface area contributed by atoms with E-state index < -0.39 is 0 Å². The van der Waals surface area contributed by atoms with Crippen molar-refractivity contribution in [3.8, 4) is 6.07 Å². The lowest BCUT2D eigenvalue weighted by molar-refractivity contribution is 0.772. The van der Waals surface area contributed by atoms with Gasteiger partial charge in [0.25, 0.3) is 0 Å². The number of pyridine rings is 1. The summed E-state index contributed by atoms with van der Waals surface area (Å²) in [6, 6.07) is 15.9. The largest absolute Gasteiger partial charge is 0.373 e. The molecule has 0 radical (unpaired) electrons. The quantitative estimate of drug-likeness (QED) is 0.753. The summed E-state index contributed by atoms with van der Waals surface area (Å²) in [5.41, 5.74) is 4.66. The van der Waals surface area contributed by atoms with Gasteiger partial charge in [-0.1, -0.05) is 30.3 Å². The molecule has 0 bridgehead atoms. The van der Waals surface area contributed by atoms with Crippen molar-refractivity contribution < 1.29 is 0 Å². The summed E-state index contributed by atoms with van der Waals surface area (Å²) in [6.45, 7) is 0. The van der Waals surface area contributed by atoms with Crippen molar-refractivity contribution in [1.82, 2.24) is 15.0 Å². The smallest absolute Gasteiger partial charge is 0.229 e. The third kappa shape index (κ3) is 2.95. The van der Waals surface area contributed by atoms with Crippen molar-refractivity contribution >= 4 is 17.5 Å². The summed E-state index contributed by atoms with van der Waals surface area (Å²) in [7, 11) is 1.88. The van der Waals surface area contributed by atoms with E-state index in [9.17, 15) is 0 Å². The molecule has 2 aromatic heterocycles. The monoisotopic (exact) mass is 342 g/mol. The molecule has 0 fully saturated rings. The van der Waals surface area contributed by atoms with Crippen molar-refractivity contribution in [3.63, 3.8) is 0 Å².